The first-order valence-electron chi connectivity index (χ1n) is 8.26. The van der Waals surface area contributed by atoms with Crippen molar-refractivity contribution in [2.24, 2.45) is 5.41 Å². The van der Waals surface area contributed by atoms with Crippen molar-refractivity contribution in [3.05, 3.63) is 29.3 Å². The van der Waals surface area contributed by atoms with Crippen LogP contribution in [0.25, 0.3) is 0 Å². The zero-order valence-electron chi connectivity index (χ0n) is 14.5. The van der Waals surface area contributed by atoms with E-state index >= 15 is 0 Å². The van der Waals surface area contributed by atoms with Crippen molar-refractivity contribution in [2.75, 3.05) is 5.32 Å². The summed E-state index contributed by atoms with van der Waals surface area (Å²) in [5.41, 5.74) is 1.39. The first-order chi connectivity index (χ1) is 11.7. The van der Waals surface area contributed by atoms with Crippen molar-refractivity contribution in [1.29, 1.82) is 0 Å². The van der Waals surface area contributed by atoms with Crippen LogP contribution in [0.1, 0.15) is 49.5 Å². The summed E-state index contributed by atoms with van der Waals surface area (Å²) >= 11 is 0. The molecule has 132 valence electrons. The molecule has 3 rings (SSSR count). The Kier molecular flexibility index (Phi) is 4.10. The number of amides is 4. The van der Waals surface area contributed by atoms with E-state index in [0.717, 1.165) is 5.56 Å². The normalized spacial score (nSPS) is 20.4. The van der Waals surface area contributed by atoms with E-state index in [1.54, 1.807) is 18.2 Å². The van der Waals surface area contributed by atoms with Gasteiger partial charge in [0.15, 0.2) is 0 Å². The molecule has 0 saturated carbocycles. The number of carbonyl (C=O) groups excluding carboxylic acids is 4. The van der Waals surface area contributed by atoms with Crippen LogP contribution in [0, 0.1) is 5.41 Å². The van der Waals surface area contributed by atoms with E-state index in [4.69, 9.17) is 0 Å². The Bertz CT molecular complexity index is 779. The second-order valence-corrected chi connectivity index (χ2v) is 7.48. The average Bonchev–Trinajstić information content (AvgIpc) is 2.83. The minimum atomic E-state index is -0.634. The minimum Gasteiger partial charge on any atom is -0.326 e. The maximum atomic E-state index is 12.6. The number of fused-ring (bicyclic) bond motifs is 1. The number of rotatable bonds is 2. The highest BCUT2D eigenvalue weighted by Gasteiger charge is 2.39. The van der Waals surface area contributed by atoms with Gasteiger partial charge in [-0.15, -0.1) is 0 Å². The average molecular weight is 343 g/mol. The highest BCUT2D eigenvalue weighted by atomic mass is 16.2. The van der Waals surface area contributed by atoms with Crippen molar-refractivity contribution in [2.45, 2.75) is 46.2 Å². The quantitative estimate of drug-likeness (QED) is 0.794. The molecule has 1 aromatic carbocycles. The third-order valence-electron chi connectivity index (χ3n) is 4.46. The fraction of sp³-hybridized carbons (Fsp3) is 0.444. The summed E-state index contributed by atoms with van der Waals surface area (Å²) in [6.07, 6.45) is 0.557. The van der Waals surface area contributed by atoms with E-state index in [0.29, 0.717) is 24.2 Å². The summed E-state index contributed by atoms with van der Waals surface area (Å²) < 4.78 is 0. The molecule has 7 heteroatoms. The molecule has 0 spiro atoms. The second kappa shape index (κ2) is 5.98. The number of nitrogens with zero attached hydrogens (tertiary/aromatic N) is 1. The van der Waals surface area contributed by atoms with E-state index in [1.807, 2.05) is 20.8 Å². The molecule has 1 atom stereocenters. The summed E-state index contributed by atoms with van der Waals surface area (Å²) in [4.78, 5) is 49.5. The first kappa shape index (κ1) is 17.1. The number of hydrogen-bond donors (Lipinski definition) is 2. The number of piperidine rings is 1. The van der Waals surface area contributed by atoms with Crippen LogP contribution in [0.15, 0.2) is 18.2 Å². The van der Waals surface area contributed by atoms with Gasteiger partial charge in [-0.2, -0.15) is 0 Å². The molecule has 0 bridgehead atoms. The molecule has 7 nitrogen and oxygen atoms in total. The Hall–Kier alpha value is -2.70. The minimum absolute atomic E-state index is 0.112. The highest BCUT2D eigenvalue weighted by Crippen LogP contribution is 2.30. The van der Waals surface area contributed by atoms with Gasteiger partial charge in [0, 0.05) is 29.6 Å². The number of imide groups is 1. The number of benzene rings is 1. The molecule has 0 aliphatic carbocycles. The molecule has 4 amide bonds. The molecule has 2 N–H and O–H groups in total. The summed E-state index contributed by atoms with van der Waals surface area (Å²) in [5, 5.41) is 5.12. The SMILES string of the molecule is CC(C)(C)C(=O)Nc1ccc2c(c1)CN(C1CCC(=O)NC1=O)C2=O. The summed E-state index contributed by atoms with van der Waals surface area (Å²) in [5.74, 6) is -1.08. The molecular formula is C18H21N3O4. The molecule has 0 aromatic heterocycles. The summed E-state index contributed by atoms with van der Waals surface area (Å²) in [6.45, 7) is 5.76. The van der Waals surface area contributed by atoms with Crippen LogP contribution in [0.2, 0.25) is 0 Å². The predicted molar refractivity (Wildman–Crippen MR) is 90.6 cm³/mol. The third kappa shape index (κ3) is 3.26. The Labute approximate surface area is 145 Å². The zero-order chi connectivity index (χ0) is 18.4. The van der Waals surface area contributed by atoms with Gasteiger partial charge in [0.2, 0.25) is 17.7 Å². The van der Waals surface area contributed by atoms with Crippen molar-refractivity contribution in [3.8, 4) is 0 Å². The van der Waals surface area contributed by atoms with Gasteiger partial charge in [-0.25, -0.2) is 0 Å². The highest BCUT2D eigenvalue weighted by molar-refractivity contribution is 6.05. The molecule has 2 aliphatic heterocycles. The van der Waals surface area contributed by atoms with E-state index in [9.17, 15) is 19.2 Å². The van der Waals surface area contributed by atoms with Crippen LogP contribution in [-0.2, 0) is 20.9 Å². The maximum Gasteiger partial charge on any atom is 0.255 e. The van der Waals surface area contributed by atoms with Crippen LogP contribution in [0.3, 0.4) is 0 Å². The molecular weight excluding hydrogens is 322 g/mol. The van der Waals surface area contributed by atoms with Gasteiger partial charge >= 0.3 is 0 Å². The van der Waals surface area contributed by atoms with Crippen LogP contribution in [0.5, 0.6) is 0 Å². The third-order valence-corrected chi connectivity index (χ3v) is 4.46. The lowest BCUT2D eigenvalue weighted by Gasteiger charge is -2.29. The van der Waals surface area contributed by atoms with Gasteiger partial charge in [-0.05, 0) is 30.2 Å². The van der Waals surface area contributed by atoms with Gasteiger partial charge in [0.25, 0.3) is 5.91 Å². The molecule has 1 unspecified atom stereocenters. The molecule has 1 fully saturated rings. The summed E-state index contributed by atoms with van der Waals surface area (Å²) in [7, 11) is 0. The largest absolute Gasteiger partial charge is 0.326 e. The number of hydrogen-bond acceptors (Lipinski definition) is 4. The fourth-order valence-corrected chi connectivity index (χ4v) is 2.97. The van der Waals surface area contributed by atoms with Gasteiger partial charge in [0.1, 0.15) is 6.04 Å². The lowest BCUT2D eigenvalue weighted by Crippen LogP contribution is -2.52. The van der Waals surface area contributed by atoms with E-state index in [1.165, 1.54) is 4.90 Å². The van der Waals surface area contributed by atoms with Crippen LogP contribution < -0.4 is 10.6 Å². The lowest BCUT2D eigenvalue weighted by atomic mass is 9.95. The predicted octanol–water partition coefficient (Wildman–Crippen LogP) is 1.43. The Morgan fingerprint density at radius 3 is 2.60 bits per heavy atom. The molecule has 1 saturated heterocycles. The zero-order valence-corrected chi connectivity index (χ0v) is 14.5. The smallest absolute Gasteiger partial charge is 0.255 e. The van der Waals surface area contributed by atoms with Crippen molar-refractivity contribution >= 4 is 29.3 Å². The Morgan fingerprint density at radius 1 is 1.24 bits per heavy atom. The second-order valence-electron chi connectivity index (χ2n) is 7.48. The number of carbonyl (C=O) groups is 4. The van der Waals surface area contributed by atoms with Crippen molar-refractivity contribution in [1.82, 2.24) is 10.2 Å². The van der Waals surface area contributed by atoms with Crippen molar-refractivity contribution < 1.29 is 19.2 Å². The van der Waals surface area contributed by atoms with Crippen molar-refractivity contribution in [3.63, 3.8) is 0 Å². The van der Waals surface area contributed by atoms with Gasteiger partial charge in [-0.1, -0.05) is 20.8 Å². The standard InChI is InChI=1S/C18H21N3O4/c1-18(2,3)17(25)19-11-4-5-12-10(8-11)9-21(16(12)24)13-6-7-14(22)20-15(13)23/h4-5,8,13H,6-7,9H2,1-3H3,(H,19,25)(H,20,22,23). The van der Waals surface area contributed by atoms with Gasteiger partial charge in [-0.3, -0.25) is 24.5 Å². The first-order valence-corrected chi connectivity index (χ1v) is 8.26. The van der Waals surface area contributed by atoms with E-state index < -0.39 is 17.4 Å². The molecule has 1 aromatic rings. The van der Waals surface area contributed by atoms with Gasteiger partial charge in [0.05, 0.1) is 0 Å². The molecule has 2 heterocycles. The van der Waals surface area contributed by atoms with E-state index in [2.05, 4.69) is 10.6 Å². The Morgan fingerprint density at radius 2 is 1.96 bits per heavy atom. The Balaban J connectivity index is 1.79. The van der Waals surface area contributed by atoms with Crippen LogP contribution >= 0.6 is 0 Å². The number of anilines is 1. The molecule has 2 aliphatic rings. The van der Waals surface area contributed by atoms with Crippen LogP contribution in [0.4, 0.5) is 5.69 Å². The van der Waals surface area contributed by atoms with Crippen LogP contribution in [-0.4, -0.2) is 34.6 Å². The monoisotopic (exact) mass is 343 g/mol. The van der Waals surface area contributed by atoms with E-state index in [-0.39, 0.29) is 24.1 Å². The maximum absolute atomic E-state index is 12.6. The fourth-order valence-electron chi connectivity index (χ4n) is 2.97. The molecule has 0 radical (unpaired) electrons. The lowest BCUT2D eigenvalue weighted by molar-refractivity contribution is -0.137. The van der Waals surface area contributed by atoms with Gasteiger partial charge < -0.3 is 10.2 Å². The summed E-state index contributed by atoms with van der Waals surface area (Å²) in [6, 6.07) is 4.49. The number of nitrogens with one attached hydrogen (secondary N) is 2. The molecule has 25 heavy (non-hydrogen) atoms. The topological polar surface area (TPSA) is 95.6 Å².